The maximum Gasteiger partial charge on any atom is 0.153 e. The van der Waals surface area contributed by atoms with Gasteiger partial charge >= 0.3 is 0 Å². The minimum atomic E-state index is -3.09. The summed E-state index contributed by atoms with van der Waals surface area (Å²) in [5.41, 5.74) is -0.832. The maximum atomic E-state index is 11.2. The second kappa shape index (κ2) is 2.80. The van der Waals surface area contributed by atoms with Crippen LogP contribution in [0.2, 0.25) is 0 Å². The molecule has 1 atom stereocenters. The number of aryl methyl sites for hydroxylation is 1. The fourth-order valence-corrected chi connectivity index (χ4v) is 3.50. The second-order valence-electron chi connectivity index (χ2n) is 3.80. The molecule has 0 saturated carbocycles. The summed E-state index contributed by atoms with van der Waals surface area (Å²) >= 11 is 0. The van der Waals surface area contributed by atoms with Crippen molar-refractivity contribution in [3.05, 3.63) is 18.2 Å². The first-order valence-corrected chi connectivity index (χ1v) is 6.15. The molecule has 0 bridgehead atoms. The molecule has 1 aromatic heterocycles. The number of nitrogens with zero attached hydrogens (tertiary/aromatic N) is 2. The van der Waals surface area contributed by atoms with Crippen LogP contribution < -0.4 is 0 Å². The van der Waals surface area contributed by atoms with Crippen LogP contribution in [-0.2, 0) is 22.5 Å². The van der Waals surface area contributed by atoms with Crippen molar-refractivity contribution in [1.82, 2.24) is 9.55 Å². The Bertz CT molecular complexity index is 451. The number of hydrogen-bond acceptors (Lipinski definition) is 4. The van der Waals surface area contributed by atoms with Crippen LogP contribution in [0.5, 0.6) is 0 Å². The molecule has 1 aliphatic rings. The van der Waals surface area contributed by atoms with Gasteiger partial charge in [-0.3, -0.25) is 0 Å². The molecule has 1 fully saturated rings. The molecule has 2 heterocycles. The second-order valence-corrected chi connectivity index (χ2v) is 5.98. The highest BCUT2D eigenvalue weighted by atomic mass is 32.2. The molecule has 14 heavy (non-hydrogen) atoms. The first kappa shape index (κ1) is 9.67. The molecule has 0 aliphatic carbocycles. The van der Waals surface area contributed by atoms with Crippen LogP contribution in [0.1, 0.15) is 12.1 Å². The van der Waals surface area contributed by atoms with Gasteiger partial charge < -0.3 is 9.67 Å². The number of imidazole rings is 1. The van der Waals surface area contributed by atoms with E-state index in [1.54, 1.807) is 24.1 Å². The van der Waals surface area contributed by atoms with Crippen molar-refractivity contribution < 1.29 is 13.5 Å². The average Bonchev–Trinajstić information content (AvgIpc) is 2.57. The number of aromatic nitrogens is 2. The molecule has 0 aromatic carbocycles. The Balaban J connectivity index is 2.36. The molecule has 78 valence electrons. The summed E-state index contributed by atoms with van der Waals surface area (Å²) in [6.45, 7) is 0. The lowest BCUT2D eigenvalue weighted by molar-refractivity contribution is 0.0610. The molecule has 1 saturated heterocycles. The summed E-state index contributed by atoms with van der Waals surface area (Å²) in [4.78, 5) is 3.98. The van der Waals surface area contributed by atoms with E-state index in [2.05, 4.69) is 4.98 Å². The molecule has 1 unspecified atom stereocenters. The van der Waals surface area contributed by atoms with E-state index in [-0.39, 0.29) is 17.9 Å². The van der Waals surface area contributed by atoms with Gasteiger partial charge in [-0.15, -0.1) is 0 Å². The largest absolute Gasteiger partial charge is 0.382 e. The summed E-state index contributed by atoms with van der Waals surface area (Å²) in [5.74, 6) is -0.170. The summed E-state index contributed by atoms with van der Waals surface area (Å²) in [5, 5.41) is 10.1. The standard InChI is InChI=1S/C8H12N2O3S/c1-10-4-7(9-6-10)8(11)2-3-14(12,13)5-8/h4,6,11H,2-3,5H2,1H3. The average molecular weight is 216 g/mol. The van der Waals surface area contributed by atoms with Gasteiger partial charge in [-0.2, -0.15) is 0 Å². The molecular weight excluding hydrogens is 204 g/mol. The summed E-state index contributed by atoms with van der Waals surface area (Å²) < 4.78 is 24.2. The van der Waals surface area contributed by atoms with Gasteiger partial charge in [-0.05, 0) is 6.42 Å². The van der Waals surface area contributed by atoms with Gasteiger partial charge in [-0.25, -0.2) is 13.4 Å². The van der Waals surface area contributed by atoms with Crippen molar-refractivity contribution in [1.29, 1.82) is 0 Å². The molecule has 6 heteroatoms. The van der Waals surface area contributed by atoms with E-state index in [9.17, 15) is 13.5 Å². The summed E-state index contributed by atoms with van der Waals surface area (Å²) in [6.07, 6.45) is 3.45. The van der Waals surface area contributed by atoms with E-state index in [0.717, 1.165) is 0 Å². The van der Waals surface area contributed by atoms with Gasteiger partial charge in [0, 0.05) is 13.2 Å². The Morgan fingerprint density at radius 1 is 1.64 bits per heavy atom. The molecule has 0 amide bonds. The topological polar surface area (TPSA) is 72.2 Å². The molecule has 1 aliphatic heterocycles. The van der Waals surface area contributed by atoms with Gasteiger partial charge in [0.2, 0.25) is 0 Å². The zero-order valence-electron chi connectivity index (χ0n) is 7.84. The van der Waals surface area contributed by atoms with E-state index >= 15 is 0 Å². The number of rotatable bonds is 1. The minimum Gasteiger partial charge on any atom is -0.382 e. The molecule has 0 radical (unpaired) electrons. The lowest BCUT2D eigenvalue weighted by Crippen LogP contribution is -2.27. The third-order valence-corrected chi connectivity index (χ3v) is 4.21. The van der Waals surface area contributed by atoms with E-state index in [4.69, 9.17) is 0 Å². The molecule has 1 aromatic rings. The Labute approximate surface area is 82.3 Å². The number of hydrogen-bond donors (Lipinski definition) is 1. The van der Waals surface area contributed by atoms with Crippen LogP contribution >= 0.6 is 0 Å². The van der Waals surface area contributed by atoms with Crippen LogP contribution in [-0.4, -0.2) is 34.6 Å². The van der Waals surface area contributed by atoms with Gasteiger partial charge in [0.1, 0.15) is 5.60 Å². The fraction of sp³-hybridized carbons (Fsp3) is 0.625. The molecular formula is C8H12N2O3S. The Hall–Kier alpha value is -0.880. The van der Waals surface area contributed by atoms with E-state index in [1.165, 1.54) is 0 Å². The molecule has 0 spiro atoms. The first-order chi connectivity index (χ1) is 6.41. The summed E-state index contributed by atoms with van der Waals surface area (Å²) in [6, 6.07) is 0. The highest BCUT2D eigenvalue weighted by Gasteiger charge is 2.43. The fourth-order valence-electron chi connectivity index (χ4n) is 1.69. The highest BCUT2D eigenvalue weighted by Crippen LogP contribution is 2.31. The monoisotopic (exact) mass is 216 g/mol. The zero-order chi connectivity index (χ0) is 10.4. The van der Waals surface area contributed by atoms with Crippen LogP contribution in [0.3, 0.4) is 0 Å². The normalized spacial score (nSPS) is 30.7. The van der Waals surface area contributed by atoms with Crippen molar-refractivity contribution >= 4 is 9.84 Å². The van der Waals surface area contributed by atoms with E-state index < -0.39 is 15.4 Å². The lowest BCUT2D eigenvalue weighted by Gasteiger charge is -2.17. The molecule has 5 nitrogen and oxygen atoms in total. The van der Waals surface area contributed by atoms with Gasteiger partial charge in [0.15, 0.2) is 9.84 Å². The molecule has 2 rings (SSSR count). The van der Waals surface area contributed by atoms with E-state index in [0.29, 0.717) is 5.69 Å². The highest BCUT2D eigenvalue weighted by molar-refractivity contribution is 7.91. The van der Waals surface area contributed by atoms with Crippen molar-refractivity contribution in [2.24, 2.45) is 7.05 Å². The van der Waals surface area contributed by atoms with Gasteiger partial charge in [0.25, 0.3) is 0 Å². The predicted octanol–water partition coefficient (Wildman–Crippen LogP) is -0.574. The predicted molar refractivity (Wildman–Crippen MR) is 50.4 cm³/mol. The first-order valence-electron chi connectivity index (χ1n) is 4.33. The Morgan fingerprint density at radius 2 is 2.36 bits per heavy atom. The van der Waals surface area contributed by atoms with Crippen LogP contribution in [0.25, 0.3) is 0 Å². The molecule has 1 N–H and O–H groups in total. The van der Waals surface area contributed by atoms with Gasteiger partial charge in [0.05, 0.1) is 23.5 Å². The third kappa shape index (κ3) is 1.55. The van der Waals surface area contributed by atoms with Crippen molar-refractivity contribution in [2.75, 3.05) is 11.5 Å². The van der Waals surface area contributed by atoms with Crippen LogP contribution in [0, 0.1) is 0 Å². The van der Waals surface area contributed by atoms with E-state index in [1.807, 2.05) is 0 Å². The van der Waals surface area contributed by atoms with Crippen molar-refractivity contribution in [3.8, 4) is 0 Å². The minimum absolute atomic E-state index is 0.0417. The summed E-state index contributed by atoms with van der Waals surface area (Å²) in [7, 11) is -1.31. The smallest absolute Gasteiger partial charge is 0.153 e. The quantitative estimate of drug-likeness (QED) is 0.682. The van der Waals surface area contributed by atoms with Crippen LogP contribution in [0.15, 0.2) is 12.5 Å². The number of aliphatic hydroxyl groups is 1. The van der Waals surface area contributed by atoms with Crippen LogP contribution in [0.4, 0.5) is 0 Å². The Morgan fingerprint density at radius 3 is 2.79 bits per heavy atom. The van der Waals surface area contributed by atoms with Crippen molar-refractivity contribution in [3.63, 3.8) is 0 Å². The maximum absolute atomic E-state index is 11.2. The lowest BCUT2D eigenvalue weighted by atomic mass is 10.0. The Kier molecular flexibility index (Phi) is 1.94. The van der Waals surface area contributed by atoms with Crippen molar-refractivity contribution in [2.45, 2.75) is 12.0 Å². The zero-order valence-corrected chi connectivity index (χ0v) is 8.66. The SMILES string of the molecule is Cn1cnc(C2(O)CCS(=O)(=O)C2)c1. The third-order valence-electron chi connectivity index (χ3n) is 2.47. The van der Waals surface area contributed by atoms with Gasteiger partial charge in [-0.1, -0.05) is 0 Å². The number of sulfone groups is 1.